The van der Waals surface area contributed by atoms with Gasteiger partial charge in [-0.25, -0.2) is 12.7 Å². The van der Waals surface area contributed by atoms with Gasteiger partial charge in [-0.1, -0.05) is 6.07 Å². The number of ether oxygens (including phenoxy) is 2. The van der Waals surface area contributed by atoms with Gasteiger partial charge in [0.1, 0.15) is 17.1 Å². The van der Waals surface area contributed by atoms with Crippen LogP contribution >= 0.6 is 0 Å². The Morgan fingerprint density at radius 2 is 1.67 bits per heavy atom. The summed E-state index contributed by atoms with van der Waals surface area (Å²) in [5.74, 6) is -0.768. The second-order valence-corrected chi connectivity index (χ2v) is 14.1. The van der Waals surface area contributed by atoms with Crippen LogP contribution in [0.4, 0.5) is 13.2 Å². The number of carbonyl (C=O) groups is 2. The zero-order valence-corrected chi connectivity index (χ0v) is 26.8. The number of aliphatic imine (C=N–C) groups is 1. The van der Waals surface area contributed by atoms with E-state index in [1.165, 1.54) is 10.4 Å². The summed E-state index contributed by atoms with van der Waals surface area (Å²) >= 11 is 0. The number of fused-ring (bicyclic) bond motifs is 2. The zero-order valence-electron chi connectivity index (χ0n) is 26.0. The number of hydrogen-bond donors (Lipinski definition) is 1. The van der Waals surface area contributed by atoms with Gasteiger partial charge in [-0.2, -0.15) is 13.2 Å². The number of halogens is 3. The summed E-state index contributed by atoms with van der Waals surface area (Å²) in [6, 6.07) is 8.53. The monoisotopic (exact) mass is 664 g/mol. The maximum absolute atomic E-state index is 13.8. The smallest absolute Gasteiger partial charge is 0.416 e. The highest BCUT2D eigenvalue weighted by Crippen LogP contribution is 2.36. The molecule has 0 saturated carbocycles. The van der Waals surface area contributed by atoms with Gasteiger partial charge in [0.05, 0.1) is 24.5 Å². The number of aryl methyl sites for hydroxylation is 2. The molecule has 0 unspecified atom stereocenters. The molecule has 2 amide bonds. The molecular formula is C32H39F3N4O6S. The van der Waals surface area contributed by atoms with Gasteiger partial charge < -0.3 is 19.7 Å². The molecule has 5 heterocycles. The first kappa shape index (κ1) is 33.9. The highest BCUT2D eigenvalue weighted by atomic mass is 32.2. The van der Waals surface area contributed by atoms with Gasteiger partial charge in [0.15, 0.2) is 0 Å². The lowest BCUT2D eigenvalue weighted by Gasteiger charge is -2.34. The van der Waals surface area contributed by atoms with E-state index >= 15 is 0 Å². The number of alkyl halides is 3. The number of nitrogens with zero attached hydrogens (tertiary/aromatic N) is 3. The third kappa shape index (κ3) is 7.72. The average Bonchev–Trinajstić information content (AvgIpc) is 3.33. The predicted molar refractivity (Wildman–Crippen MR) is 165 cm³/mol. The number of likely N-dealkylation sites (N-methyl/N-ethyl adjacent to an activating group) is 1. The van der Waals surface area contributed by atoms with Crippen molar-refractivity contribution in [1.82, 2.24) is 14.5 Å². The Bertz CT molecular complexity index is 1600. The van der Waals surface area contributed by atoms with Crippen LogP contribution in [0.15, 0.2) is 41.4 Å². The van der Waals surface area contributed by atoms with Crippen molar-refractivity contribution < 1.29 is 40.7 Å². The Labute approximate surface area is 267 Å². The minimum Gasteiger partial charge on any atom is -0.494 e. The Hall–Kier alpha value is -3.49. The van der Waals surface area contributed by atoms with Crippen molar-refractivity contribution in [3.05, 3.63) is 64.2 Å². The van der Waals surface area contributed by atoms with Crippen molar-refractivity contribution in [3.63, 3.8) is 0 Å². The van der Waals surface area contributed by atoms with Gasteiger partial charge in [0.2, 0.25) is 10.0 Å². The minimum absolute atomic E-state index is 0.00822. The molecule has 0 radical (unpaired) electrons. The molecule has 2 aromatic rings. The van der Waals surface area contributed by atoms with Gasteiger partial charge in [-0.15, -0.1) is 0 Å². The van der Waals surface area contributed by atoms with Gasteiger partial charge in [0.25, 0.3) is 11.8 Å². The molecule has 10 nitrogen and oxygen atoms in total. The van der Waals surface area contributed by atoms with Gasteiger partial charge >= 0.3 is 6.18 Å². The fourth-order valence-electron chi connectivity index (χ4n) is 5.89. The van der Waals surface area contributed by atoms with Crippen LogP contribution in [0, 0.1) is 6.92 Å². The van der Waals surface area contributed by atoms with E-state index < -0.39 is 33.2 Å². The van der Waals surface area contributed by atoms with E-state index in [0.29, 0.717) is 38.2 Å². The Morgan fingerprint density at radius 3 is 2.39 bits per heavy atom. The molecule has 7 bridgehead atoms. The molecule has 7 rings (SSSR count). The van der Waals surface area contributed by atoms with Crippen LogP contribution in [-0.4, -0.2) is 93.1 Å². The molecule has 1 fully saturated rings. The number of nitrogens with one attached hydrogen (secondary N) is 1. The fourth-order valence-corrected chi connectivity index (χ4v) is 7.36. The Balaban J connectivity index is 1.38. The maximum Gasteiger partial charge on any atom is 0.416 e. The van der Waals surface area contributed by atoms with Crippen molar-refractivity contribution in [1.29, 1.82) is 0 Å². The molecule has 1 spiro atoms. The van der Waals surface area contributed by atoms with E-state index in [4.69, 9.17) is 9.47 Å². The summed E-state index contributed by atoms with van der Waals surface area (Å²) in [4.78, 5) is 32.2. The van der Waals surface area contributed by atoms with Crippen molar-refractivity contribution in [2.45, 2.75) is 57.2 Å². The van der Waals surface area contributed by atoms with E-state index in [-0.39, 0.29) is 67.8 Å². The Kier molecular flexibility index (Phi) is 10.1. The minimum atomic E-state index is -4.65. The molecule has 1 saturated heterocycles. The largest absolute Gasteiger partial charge is 0.494 e. The quantitative estimate of drug-likeness (QED) is 0.456. The second-order valence-electron chi connectivity index (χ2n) is 12.0. The summed E-state index contributed by atoms with van der Waals surface area (Å²) in [5.41, 5.74) is 0.00418. The first-order valence-electron chi connectivity index (χ1n) is 15.4. The third-order valence-electron chi connectivity index (χ3n) is 8.77. The van der Waals surface area contributed by atoms with Gasteiger partial charge in [0, 0.05) is 44.4 Å². The van der Waals surface area contributed by atoms with Crippen LogP contribution in [0.3, 0.4) is 0 Å². The maximum atomic E-state index is 13.8. The summed E-state index contributed by atoms with van der Waals surface area (Å²) in [6.45, 7) is 3.32. The van der Waals surface area contributed by atoms with Crippen molar-refractivity contribution in [2.24, 2.45) is 4.99 Å². The average molecular weight is 665 g/mol. The predicted octanol–water partition coefficient (Wildman–Crippen LogP) is 3.95. The van der Waals surface area contributed by atoms with Crippen LogP contribution < -0.4 is 10.1 Å². The van der Waals surface area contributed by atoms with Gasteiger partial charge in [-0.3, -0.25) is 14.6 Å². The lowest BCUT2D eigenvalue weighted by molar-refractivity contribution is -0.137. The van der Waals surface area contributed by atoms with Crippen LogP contribution in [0.2, 0.25) is 0 Å². The second kappa shape index (κ2) is 13.7. The summed E-state index contributed by atoms with van der Waals surface area (Å²) in [5, 5.41) is 2.64. The van der Waals surface area contributed by atoms with Crippen LogP contribution in [0.5, 0.6) is 5.75 Å². The summed E-state index contributed by atoms with van der Waals surface area (Å²) in [6.07, 6.45) is -2.18. The third-order valence-corrected chi connectivity index (χ3v) is 10.6. The van der Waals surface area contributed by atoms with E-state index in [0.717, 1.165) is 29.7 Å². The molecule has 46 heavy (non-hydrogen) atoms. The van der Waals surface area contributed by atoms with Crippen molar-refractivity contribution in [2.75, 3.05) is 52.3 Å². The van der Waals surface area contributed by atoms with E-state index in [2.05, 4.69) is 10.3 Å². The van der Waals surface area contributed by atoms with Crippen molar-refractivity contribution >= 4 is 27.7 Å². The molecule has 0 atom stereocenters. The van der Waals surface area contributed by atoms with Crippen molar-refractivity contribution in [3.8, 4) is 5.75 Å². The van der Waals surface area contributed by atoms with Crippen LogP contribution in [0.1, 0.15) is 64.7 Å². The standard InChI is InChI=1S/C32H39F3N4O6S/c1-22-18-24-7-6-23(22)8-17-46(42,43)39-11-9-31(10-12-39)30(41)36-28(37-31)25-19-26(32(33,34)35)21-27(20-25)45-15-5-3-4-14-44-16-13-38(2)29(24)40/h6-7,18-21H,3-5,8-17H2,1-2H3,(H,36,37,41). The first-order valence-corrected chi connectivity index (χ1v) is 17.1. The Morgan fingerprint density at radius 1 is 0.935 bits per heavy atom. The molecule has 5 aliphatic heterocycles. The molecule has 1 N–H and O–H groups in total. The number of amidine groups is 1. The summed E-state index contributed by atoms with van der Waals surface area (Å²) < 4.78 is 80.7. The number of carbonyl (C=O) groups excluding carboxylic acids is 2. The zero-order chi connectivity index (χ0) is 33.1. The number of amides is 2. The number of rotatable bonds is 0. The highest BCUT2D eigenvalue weighted by molar-refractivity contribution is 7.89. The highest BCUT2D eigenvalue weighted by Gasteiger charge is 2.47. The first-order chi connectivity index (χ1) is 21.8. The fraction of sp³-hybridized carbons (Fsp3) is 0.531. The van der Waals surface area contributed by atoms with Gasteiger partial charge in [-0.05, 0) is 86.9 Å². The number of piperidine rings is 1. The lowest BCUT2D eigenvalue weighted by Crippen LogP contribution is -2.50. The van der Waals surface area contributed by atoms with Crippen LogP contribution in [-0.2, 0) is 32.2 Å². The topological polar surface area (TPSA) is 118 Å². The SMILES string of the molecule is Cc1cc2ccc1CCS(=O)(=O)N1CCC3(CC1)N=C(NC3=O)c1cc(cc(C(F)(F)F)c1)OCCCCCOCCN(C)C2=O. The number of benzene rings is 2. The van der Waals surface area contributed by atoms with Crippen LogP contribution in [0.25, 0.3) is 0 Å². The molecule has 5 aliphatic rings. The number of sulfonamides is 1. The molecule has 14 heteroatoms. The van der Waals surface area contributed by atoms with E-state index in [9.17, 15) is 31.2 Å². The molecule has 0 aliphatic carbocycles. The molecular weight excluding hydrogens is 625 g/mol. The van der Waals surface area contributed by atoms with E-state index in [1.54, 1.807) is 30.1 Å². The number of hydrogen-bond acceptors (Lipinski definition) is 7. The molecule has 250 valence electrons. The normalized spacial score (nSPS) is 25.0. The summed E-state index contributed by atoms with van der Waals surface area (Å²) in [7, 11) is -2.00. The lowest BCUT2D eigenvalue weighted by atomic mass is 9.89. The van der Waals surface area contributed by atoms with E-state index in [1.807, 2.05) is 6.92 Å². The molecule has 0 aromatic heterocycles. The molecule has 2 aromatic carbocycles.